The molecule has 0 N–H and O–H groups in total. The van der Waals surface area contributed by atoms with Gasteiger partial charge in [-0.25, -0.2) is 0 Å². The van der Waals surface area contributed by atoms with Crippen molar-refractivity contribution in [1.29, 1.82) is 0 Å². The predicted octanol–water partition coefficient (Wildman–Crippen LogP) is 15.5. The van der Waals surface area contributed by atoms with Crippen molar-refractivity contribution >= 4 is 17.9 Å². The number of unbranched alkanes of at least 4 members (excludes halogenated alkanes) is 24. The molecule has 0 aromatic heterocycles. The highest BCUT2D eigenvalue weighted by Crippen LogP contribution is 2.15. The highest BCUT2D eigenvalue weighted by atomic mass is 16.6. The molecule has 0 spiro atoms. The van der Waals surface area contributed by atoms with Crippen molar-refractivity contribution in [2.45, 2.75) is 245 Å². The third-order valence-corrected chi connectivity index (χ3v) is 10.3. The van der Waals surface area contributed by atoms with Crippen LogP contribution in [-0.2, 0) is 28.6 Å². The SMILES string of the molecule is CC/C=C\C/C=C\C/C=C\C/C=C\CCCCC(=O)OCC(COC(=O)CCCCCCCCCCCC)OC(=O)CCCCCCCCCCCCCCCC. The van der Waals surface area contributed by atoms with Crippen LogP contribution in [-0.4, -0.2) is 37.2 Å². The summed E-state index contributed by atoms with van der Waals surface area (Å²) < 4.78 is 16.7. The molecule has 0 amide bonds. The topological polar surface area (TPSA) is 78.9 Å². The summed E-state index contributed by atoms with van der Waals surface area (Å²) in [5.74, 6) is -0.923. The van der Waals surface area contributed by atoms with Gasteiger partial charge in [0.05, 0.1) is 0 Å². The Morgan fingerprint density at radius 2 is 0.684 bits per heavy atom. The zero-order valence-electron chi connectivity index (χ0n) is 37.6. The van der Waals surface area contributed by atoms with E-state index in [4.69, 9.17) is 14.2 Å². The first-order valence-electron chi connectivity index (χ1n) is 24.1. The summed E-state index contributed by atoms with van der Waals surface area (Å²) in [6, 6.07) is 0. The van der Waals surface area contributed by atoms with Crippen molar-refractivity contribution in [2.24, 2.45) is 0 Å². The lowest BCUT2D eigenvalue weighted by Crippen LogP contribution is -2.30. The Hall–Kier alpha value is -2.63. The zero-order valence-corrected chi connectivity index (χ0v) is 37.6. The molecule has 0 fully saturated rings. The fourth-order valence-corrected chi connectivity index (χ4v) is 6.73. The lowest BCUT2D eigenvalue weighted by Gasteiger charge is -2.18. The van der Waals surface area contributed by atoms with Gasteiger partial charge >= 0.3 is 17.9 Å². The maximum absolute atomic E-state index is 12.7. The van der Waals surface area contributed by atoms with Crippen molar-refractivity contribution < 1.29 is 28.6 Å². The van der Waals surface area contributed by atoms with Gasteiger partial charge in [0.15, 0.2) is 6.10 Å². The van der Waals surface area contributed by atoms with Gasteiger partial charge in [-0.1, -0.05) is 211 Å². The minimum Gasteiger partial charge on any atom is -0.462 e. The van der Waals surface area contributed by atoms with Crippen molar-refractivity contribution in [2.75, 3.05) is 13.2 Å². The number of allylic oxidation sites excluding steroid dienone is 8. The van der Waals surface area contributed by atoms with Gasteiger partial charge in [0.1, 0.15) is 13.2 Å². The molecule has 0 bridgehead atoms. The molecule has 0 radical (unpaired) electrons. The van der Waals surface area contributed by atoms with Gasteiger partial charge in [-0.3, -0.25) is 14.4 Å². The van der Waals surface area contributed by atoms with Crippen LogP contribution in [0, 0.1) is 0 Å². The third kappa shape index (κ3) is 44.3. The first-order valence-corrected chi connectivity index (χ1v) is 24.1. The van der Waals surface area contributed by atoms with Gasteiger partial charge in [0.2, 0.25) is 0 Å². The van der Waals surface area contributed by atoms with Gasteiger partial charge in [0, 0.05) is 19.3 Å². The highest BCUT2D eigenvalue weighted by molar-refractivity contribution is 5.71. The molecule has 0 saturated carbocycles. The normalized spacial score (nSPS) is 12.4. The Morgan fingerprint density at radius 1 is 0.368 bits per heavy atom. The summed E-state index contributed by atoms with van der Waals surface area (Å²) in [5, 5.41) is 0. The molecule has 0 rings (SSSR count). The van der Waals surface area contributed by atoms with Gasteiger partial charge in [-0.15, -0.1) is 0 Å². The summed E-state index contributed by atoms with van der Waals surface area (Å²) in [5.41, 5.74) is 0. The third-order valence-electron chi connectivity index (χ3n) is 10.3. The van der Waals surface area contributed by atoms with Gasteiger partial charge in [-0.2, -0.15) is 0 Å². The van der Waals surface area contributed by atoms with Gasteiger partial charge in [-0.05, 0) is 57.8 Å². The van der Waals surface area contributed by atoms with Crippen LogP contribution in [0.3, 0.4) is 0 Å². The molecule has 0 heterocycles. The van der Waals surface area contributed by atoms with Crippen molar-refractivity contribution in [3.05, 3.63) is 48.6 Å². The van der Waals surface area contributed by atoms with Crippen LogP contribution in [0.25, 0.3) is 0 Å². The van der Waals surface area contributed by atoms with E-state index in [1.165, 1.54) is 116 Å². The Kier molecular flexibility index (Phi) is 43.9. The van der Waals surface area contributed by atoms with E-state index in [0.717, 1.165) is 83.5 Å². The van der Waals surface area contributed by atoms with Crippen LogP contribution in [0.4, 0.5) is 0 Å². The van der Waals surface area contributed by atoms with Crippen LogP contribution in [0.15, 0.2) is 48.6 Å². The first kappa shape index (κ1) is 54.4. The summed E-state index contributed by atoms with van der Waals surface area (Å²) in [6.45, 7) is 6.48. The summed E-state index contributed by atoms with van der Waals surface area (Å²) in [4.78, 5) is 37.8. The molecule has 330 valence electrons. The number of hydrogen-bond donors (Lipinski definition) is 0. The summed E-state index contributed by atoms with van der Waals surface area (Å²) in [7, 11) is 0. The molecule has 0 aliphatic heterocycles. The Labute approximate surface area is 352 Å². The van der Waals surface area contributed by atoms with Crippen molar-refractivity contribution in [1.82, 2.24) is 0 Å². The molecule has 0 aromatic rings. The Morgan fingerprint density at radius 3 is 1.07 bits per heavy atom. The van der Waals surface area contributed by atoms with E-state index in [1.54, 1.807) is 0 Å². The van der Waals surface area contributed by atoms with Gasteiger partial charge < -0.3 is 14.2 Å². The molecule has 1 atom stereocenters. The minimum absolute atomic E-state index is 0.0832. The lowest BCUT2D eigenvalue weighted by molar-refractivity contribution is -0.167. The van der Waals surface area contributed by atoms with E-state index in [2.05, 4.69) is 69.4 Å². The predicted molar refractivity (Wildman–Crippen MR) is 242 cm³/mol. The van der Waals surface area contributed by atoms with E-state index < -0.39 is 6.10 Å². The second-order valence-electron chi connectivity index (χ2n) is 16.0. The fourth-order valence-electron chi connectivity index (χ4n) is 6.73. The van der Waals surface area contributed by atoms with E-state index in [9.17, 15) is 14.4 Å². The van der Waals surface area contributed by atoms with Crippen LogP contribution in [0.5, 0.6) is 0 Å². The quantitative estimate of drug-likeness (QED) is 0.0265. The molecule has 57 heavy (non-hydrogen) atoms. The van der Waals surface area contributed by atoms with E-state index in [1.807, 2.05) is 0 Å². The standard InChI is InChI=1S/C51H90O6/c1-4-7-10-13-16-19-22-24-26-28-29-32-35-38-41-44-50(53)56-47-48(46-55-49(52)43-40-37-34-31-21-18-15-12-9-6-3)57-51(54)45-42-39-36-33-30-27-25-23-20-17-14-11-8-5-2/h7,10,16,19,24,26,29,32,48H,4-6,8-9,11-15,17-18,20-23,25,27-28,30-31,33-47H2,1-3H3/b10-7-,19-16-,26-24-,32-29-. The van der Waals surface area contributed by atoms with Crippen molar-refractivity contribution in [3.63, 3.8) is 0 Å². The lowest BCUT2D eigenvalue weighted by atomic mass is 10.0. The average Bonchev–Trinajstić information content (AvgIpc) is 3.21. The number of carbonyl (C=O) groups excluding carboxylic acids is 3. The number of esters is 3. The second-order valence-corrected chi connectivity index (χ2v) is 16.0. The minimum atomic E-state index is -0.783. The molecule has 6 nitrogen and oxygen atoms in total. The summed E-state index contributed by atoms with van der Waals surface area (Å²) in [6.07, 6.45) is 53.8. The number of ether oxygens (including phenoxy) is 3. The molecule has 6 heteroatoms. The maximum Gasteiger partial charge on any atom is 0.306 e. The fraction of sp³-hybridized carbons (Fsp3) is 0.784. The monoisotopic (exact) mass is 799 g/mol. The van der Waals surface area contributed by atoms with Gasteiger partial charge in [0.25, 0.3) is 0 Å². The van der Waals surface area contributed by atoms with E-state index in [-0.39, 0.29) is 31.1 Å². The molecule has 1 unspecified atom stereocenters. The second kappa shape index (κ2) is 46.1. The average molecular weight is 799 g/mol. The Bertz CT molecular complexity index is 1010. The number of hydrogen-bond acceptors (Lipinski definition) is 6. The number of carbonyl (C=O) groups is 3. The Balaban J connectivity index is 4.41. The molecular formula is C51H90O6. The van der Waals surface area contributed by atoms with E-state index >= 15 is 0 Å². The first-order chi connectivity index (χ1) is 28.0. The molecule has 0 aliphatic carbocycles. The van der Waals surface area contributed by atoms with E-state index in [0.29, 0.717) is 19.3 Å². The smallest absolute Gasteiger partial charge is 0.306 e. The van der Waals surface area contributed by atoms with Crippen molar-refractivity contribution in [3.8, 4) is 0 Å². The maximum atomic E-state index is 12.7. The van der Waals surface area contributed by atoms with Crippen LogP contribution in [0.1, 0.15) is 239 Å². The molecular weight excluding hydrogens is 709 g/mol. The zero-order chi connectivity index (χ0) is 41.5. The molecule has 0 aliphatic rings. The van der Waals surface area contributed by atoms with Crippen LogP contribution >= 0.6 is 0 Å². The van der Waals surface area contributed by atoms with Crippen LogP contribution in [0.2, 0.25) is 0 Å². The number of rotatable bonds is 43. The molecule has 0 aromatic carbocycles. The largest absolute Gasteiger partial charge is 0.462 e. The molecule has 0 saturated heterocycles. The summed E-state index contributed by atoms with van der Waals surface area (Å²) >= 11 is 0. The highest BCUT2D eigenvalue weighted by Gasteiger charge is 2.19. The van der Waals surface area contributed by atoms with Crippen LogP contribution < -0.4 is 0 Å².